The summed E-state index contributed by atoms with van der Waals surface area (Å²) in [6.45, 7) is 0. The van der Waals surface area contributed by atoms with Crippen molar-refractivity contribution in [2.75, 3.05) is 0 Å². The molecule has 0 fully saturated rings. The molecule has 0 unspecified atom stereocenters. The van der Waals surface area contributed by atoms with Crippen molar-refractivity contribution in [2.45, 2.75) is 0 Å². The molecule has 3 aromatic heterocycles. The molecule has 3 heterocycles. The van der Waals surface area contributed by atoms with E-state index in [1.165, 1.54) is 0 Å². The van der Waals surface area contributed by atoms with Gasteiger partial charge in [-0.3, -0.25) is 0 Å². The van der Waals surface area contributed by atoms with Crippen molar-refractivity contribution in [3.8, 4) is 0 Å². The Labute approximate surface area is 78.1 Å². The molecule has 0 aromatic carbocycles. The highest BCUT2D eigenvalue weighted by Crippen LogP contribution is 2.06. The van der Waals surface area contributed by atoms with Crippen LogP contribution in [-0.2, 0) is 0 Å². The van der Waals surface area contributed by atoms with Crippen LogP contribution in [0.3, 0.4) is 0 Å². The molecule has 6 nitrogen and oxygen atoms in total. The SMILES string of the molecule is c1cnc2nc3nccnc3nc2n1. The average molecular weight is 184 g/mol. The second-order valence-electron chi connectivity index (χ2n) is 2.63. The van der Waals surface area contributed by atoms with Crippen LogP contribution in [0.1, 0.15) is 0 Å². The summed E-state index contributed by atoms with van der Waals surface area (Å²) in [5.74, 6) is 0. The van der Waals surface area contributed by atoms with Crippen LogP contribution < -0.4 is 0 Å². The molecule has 3 aromatic rings. The van der Waals surface area contributed by atoms with Crippen LogP contribution in [0.4, 0.5) is 0 Å². The van der Waals surface area contributed by atoms with Gasteiger partial charge in [0.2, 0.25) is 0 Å². The summed E-state index contributed by atoms with van der Waals surface area (Å²) < 4.78 is 0. The Hall–Kier alpha value is -2.24. The molecule has 0 bridgehead atoms. The van der Waals surface area contributed by atoms with Gasteiger partial charge in [0.05, 0.1) is 0 Å². The minimum atomic E-state index is 0.487. The Kier molecular flexibility index (Phi) is 1.35. The van der Waals surface area contributed by atoms with Crippen LogP contribution in [0.15, 0.2) is 24.8 Å². The van der Waals surface area contributed by atoms with Crippen LogP contribution in [0.25, 0.3) is 22.6 Å². The lowest BCUT2D eigenvalue weighted by atomic mass is 10.5. The smallest absolute Gasteiger partial charge is 0.199 e. The van der Waals surface area contributed by atoms with Crippen LogP contribution in [-0.4, -0.2) is 29.9 Å². The molecule has 6 heteroatoms. The molecule has 14 heavy (non-hydrogen) atoms. The number of hydrogen-bond acceptors (Lipinski definition) is 6. The Morgan fingerprint density at radius 2 is 0.786 bits per heavy atom. The summed E-state index contributed by atoms with van der Waals surface area (Å²) in [6, 6.07) is 0. The lowest BCUT2D eigenvalue weighted by Gasteiger charge is -1.95. The molecule has 0 spiro atoms. The Morgan fingerprint density at radius 3 is 1.07 bits per heavy atom. The highest BCUT2D eigenvalue weighted by Gasteiger charge is 2.02. The Balaban J connectivity index is 2.52. The summed E-state index contributed by atoms with van der Waals surface area (Å²) in [4.78, 5) is 24.4. The number of hydrogen-bond donors (Lipinski definition) is 0. The normalized spacial score (nSPS) is 10.9. The van der Waals surface area contributed by atoms with Crippen molar-refractivity contribution in [1.29, 1.82) is 0 Å². The fourth-order valence-electron chi connectivity index (χ4n) is 1.16. The largest absolute Gasteiger partial charge is 0.232 e. The maximum absolute atomic E-state index is 4.17. The molecule has 0 amide bonds. The topological polar surface area (TPSA) is 77.3 Å². The molecule has 0 aliphatic rings. The molecule has 0 aliphatic carbocycles. The molecular weight excluding hydrogens is 180 g/mol. The zero-order valence-corrected chi connectivity index (χ0v) is 6.99. The van der Waals surface area contributed by atoms with E-state index in [2.05, 4.69) is 29.9 Å². The minimum absolute atomic E-state index is 0.487. The van der Waals surface area contributed by atoms with Gasteiger partial charge in [0, 0.05) is 24.8 Å². The van der Waals surface area contributed by atoms with E-state index in [0.717, 1.165) is 0 Å². The van der Waals surface area contributed by atoms with Gasteiger partial charge in [0.1, 0.15) is 0 Å². The summed E-state index contributed by atoms with van der Waals surface area (Å²) >= 11 is 0. The van der Waals surface area contributed by atoms with Crippen LogP contribution in [0, 0.1) is 0 Å². The first kappa shape index (κ1) is 7.19. The van der Waals surface area contributed by atoms with Gasteiger partial charge in [-0.05, 0) is 0 Å². The average Bonchev–Trinajstić information content (AvgIpc) is 2.26. The predicted molar refractivity (Wildman–Crippen MR) is 48.2 cm³/mol. The molecule has 3 rings (SSSR count). The molecular formula is C8H4N6. The van der Waals surface area contributed by atoms with Crippen LogP contribution in [0.5, 0.6) is 0 Å². The maximum Gasteiger partial charge on any atom is 0.199 e. The van der Waals surface area contributed by atoms with E-state index in [1.807, 2.05) is 0 Å². The van der Waals surface area contributed by atoms with E-state index in [0.29, 0.717) is 22.6 Å². The van der Waals surface area contributed by atoms with E-state index in [4.69, 9.17) is 0 Å². The van der Waals surface area contributed by atoms with Gasteiger partial charge in [0.25, 0.3) is 0 Å². The molecule has 66 valence electrons. The molecule has 0 atom stereocenters. The lowest BCUT2D eigenvalue weighted by molar-refractivity contribution is 1.14. The van der Waals surface area contributed by atoms with E-state index < -0.39 is 0 Å². The second kappa shape index (κ2) is 2.63. The van der Waals surface area contributed by atoms with Gasteiger partial charge in [0.15, 0.2) is 22.6 Å². The maximum atomic E-state index is 4.17. The first-order chi connectivity index (χ1) is 6.93. The minimum Gasteiger partial charge on any atom is -0.232 e. The first-order valence-electron chi connectivity index (χ1n) is 3.99. The van der Waals surface area contributed by atoms with E-state index >= 15 is 0 Å². The fraction of sp³-hybridized carbons (Fsp3) is 0. The number of nitrogens with zero attached hydrogens (tertiary/aromatic N) is 6. The van der Waals surface area contributed by atoms with Crippen molar-refractivity contribution < 1.29 is 0 Å². The first-order valence-corrected chi connectivity index (χ1v) is 3.99. The van der Waals surface area contributed by atoms with E-state index in [1.54, 1.807) is 24.8 Å². The van der Waals surface area contributed by atoms with Gasteiger partial charge < -0.3 is 0 Å². The van der Waals surface area contributed by atoms with Gasteiger partial charge in [-0.15, -0.1) is 0 Å². The summed E-state index contributed by atoms with van der Waals surface area (Å²) in [5, 5.41) is 0. The number of fused-ring (bicyclic) bond motifs is 2. The zero-order chi connectivity index (χ0) is 9.38. The fourth-order valence-corrected chi connectivity index (χ4v) is 1.16. The summed E-state index contributed by atoms with van der Waals surface area (Å²) in [5.41, 5.74) is 1.95. The highest BCUT2D eigenvalue weighted by molar-refractivity contribution is 5.76. The Morgan fingerprint density at radius 1 is 0.500 bits per heavy atom. The highest BCUT2D eigenvalue weighted by atomic mass is 15.0. The third-order valence-electron chi connectivity index (χ3n) is 1.74. The third kappa shape index (κ3) is 0.972. The van der Waals surface area contributed by atoms with Crippen molar-refractivity contribution in [3.05, 3.63) is 24.8 Å². The Bertz CT molecular complexity index is 503. The molecule has 0 N–H and O–H groups in total. The standard InChI is InChI=1S/C8H4N6/c1-2-10-6-5(9-1)13-7-8(14-6)12-4-3-11-7/h1-4H. The van der Waals surface area contributed by atoms with Gasteiger partial charge >= 0.3 is 0 Å². The molecule has 0 saturated heterocycles. The van der Waals surface area contributed by atoms with Crippen molar-refractivity contribution in [1.82, 2.24) is 29.9 Å². The second-order valence-corrected chi connectivity index (χ2v) is 2.63. The quantitative estimate of drug-likeness (QED) is 0.469. The van der Waals surface area contributed by atoms with Crippen molar-refractivity contribution in [3.63, 3.8) is 0 Å². The van der Waals surface area contributed by atoms with Gasteiger partial charge in [-0.25, -0.2) is 29.9 Å². The van der Waals surface area contributed by atoms with Crippen molar-refractivity contribution in [2.24, 2.45) is 0 Å². The van der Waals surface area contributed by atoms with Gasteiger partial charge in [-0.2, -0.15) is 0 Å². The van der Waals surface area contributed by atoms with Crippen LogP contribution in [0.2, 0.25) is 0 Å². The summed E-state index contributed by atoms with van der Waals surface area (Å²) in [7, 11) is 0. The van der Waals surface area contributed by atoms with E-state index in [9.17, 15) is 0 Å². The molecule has 0 radical (unpaired) electrons. The van der Waals surface area contributed by atoms with Crippen LogP contribution >= 0.6 is 0 Å². The summed E-state index contributed by atoms with van der Waals surface area (Å²) in [6.07, 6.45) is 6.27. The van der Waals surface area contributed by atoms with E-state index in [-0.39, 0.29) is 0 Å². The number of rotatable bonds is 0. The van der Waals surface area contributed by atoms with Crippen molar-refractivity contribution >= 4 is 22.6 Å². The monoisotopic (exact) mass is 184 g/mol. The van der Waals surface area contributed by atoms with Gasteiger partial charge in [-0.1, -0.05) is 0 Å². The third-order valence-corrected chi connectivity index (χ3v) is 1.74. The molecule has 0 aliphatic heterocycles. The number of aromatic nitrogens is 6. The molecule has 0 saturated carbocycles. The zero-order valence-electron chi connectivity index (χ0n) is 6.99. The predicted octanol–water partition coefficient (Wildman–Crippen LogP) is 0.363. The lowest BCUT2D eigenvalue weighted by Crippen LogP contribution is -1.94.